The first-order valence-electron chi connectivity index (χ1n) is 8.91. The molecule has 1 amide bonds. The number of carbonyl (C=O) groups is 3. The molecule has 0 N–H and O–H groups in total. The van der Waals surface area contributed by atoms with Crippen LogP contribution in [-0.4, -0.2) is 22.5 Å². The maximum Gasteiger partial charge on any atom is 0.297 e. The van der Waals surface area contributed by atoms with Crippen molar-refractivity contribution in [1.29, 1.82) is 0 Å². The first-order chi connectivity index (χ1) is 14.4. The Bertz CT molecular complexity index is 1150. The summed E-state index contributed by atoms with van der Waals surface area (Å²) < 4.78 is 2.38. The molecule has 0 radical (unpaired) electrons. The number of hydrogen-bond donors (Lipinski definition) is 0. The fourth-order valence-electron chi connectivity index (χ4n) is 3.50. The molecule has 2 atom stereocenters. The van der Waals surface area contributed by atoms with E-state index in [0.717, 1.165) is 8.95 Å². The lowest BCUT2D eigenvalue weighted by Gasteiger charge is -2.26. The summed E-state index contributed by atoms with van der Waals surface area (Å²) in [5.41, 5.74) is 1.05. The molecule has 0 saturated carbocycles. The van der Waals surface area contributed by atoms with Crippen molar-refractivity contribution in [3.05, 3.63) is 91.4 Å². The van der Waals surface area contributed by atoms with Crippen molar-refractivity contribution < 1.29 is 14.4 Å². The normalized spacial score (nSPS) is 18.7. The Labute approximate surface area is 197 Å². The third-order valence-electron chi connectivity index (χ3n) is 4.88. The molecule has 2 heterocycles. The second-order valence-electron chi connectivity index (χ2n) is 6.72. The molecule has 2 aromatic carbocycles. The van der Waals surface area contributed by atoms with E-state index in [1.165, 1.54) is 4.90 Å². The van der Waals surface area contributed by atoms with Gasteiger partial charge in [0.1, 0.15) is 11.7 Å². The van der Waals surface area contributed by atoms with E-state index in [1.807, 2.05) is 12.1 Å². The van der Waals surface area contributed by atoms with Gasteiger partial charge in [-0.15, -0.1) is 0 Å². The van der Waals surface area contributed by atoms with Crippen molar-refractivity contribution in [1.82, 2.24) is 4.98 Å². The number of aromatic nitrogens is 1. The molecule has 0 spiro atoms. The zero-order valence-corrected chi connectivity index (χ0v) is 20.0. The van der Waals surface area contributed by atoms with Gasteiger partial charge in [-0.1, -0.05) is 72.1 Å². The number of anilines is 1. The lowest BCUT2D eigenvalue weighted by atomic mass is 9.86. The van der Waals surface area contributed by atoms with Gasteiger partial charge in [0.25, 0.3) is 5.91 Å². The molecule has 1 saturated heterocycles. The predicted octanol–water partition coefficient (Wildman–Crippen LogP) is 5.53. The van der Waals surface area contributed by atoms with Crippen LogP contribution in [0.25, 0.3) is 0 Å². The van der Waals surface area contributed by atoms with Crippen molar-refractivity contribution in [2.24, 2.45) is 5.92 Å². The molecule has 4 rings (SSSR count). The maximum absolute atomic E-state index is 13.4. The zero-order valence-electron chi connectivity index (χ0n) is 15.3. The number of ketones is 2. The fourth-order valence-corrected chi connectivity index (χ4v) is 4.35. The minimum atomic E-state index is -1.17. The van der Waals surface area contributed by atoms with Crippen molar-refractivity contribution >= 4 is 71.1 Å². The van der Waals surface area contributed by atoms with E-state index in [1.54, 1.807) is 54.7 Å². The Morgan fingerprint density at radius 2 is 1.43 bits per heavy atom. The van der Waals surface area contributed by atoms with E-state index in [9.17, 15) is 14.4 Å². The Kier molecular flexibility index (Phi) is 5.99. The van der Waals surface area contributed by atoms with Gasteiger partial charge in [0.2, 0.25) is 5.78 Å². The van der Waals surface area contributed by atoms with Crippen LogP contribution in [0.1, 0.15) is 22.0 Å². The van der Waals surface area contributed by atoms with Gasteiger partial charge in [0.05, 0.1) is 6.04 Å². The van der Waals surface area contributed by atoms with E-state index in [-0.39, 0.29) is 0 Å². The summed E-state index contributed by atoms with van der Waals surface area (Å²) in [4.78, 5) is 45.0. The van der Waals surface area contributed by atoms with Crippen LogP contribution in [0.2, 0.25) is 0 Å². The van der Waals surface area contributed by atoms with Crippen molar-refractivity contribution in [3.63, 3.8) is 0 Å². The summed E-state index contributed by atoms with van der Waals surface area (Å²) in [6.45, 7) is 0. The van der Waals surface area contributed by atoms with Crippen molar-refractivity contribution in [2.45, 2.75) is 6.04 Å². The average molecular weight is 593 g/mol. The van der Waals surface area contributed by atoms with E-state index in [4.69, 9.17) is 0 Å². The topological polar surface area (TPSA) is 67.3 Å². The number of halogens is 3. The number of nitrogens with zero attached hydrogens (tertiary/aromatic N) is 2. The van der Waals surface area contributed by atoms with E-state index < -0.39 is 29.4 Å². The summed E-state index contributed by atoms with van der Waals surface area (Å²) >= 11 is 10.1. The fraction of sp³-hybridized carbons (Fsp3) is 0.0909. The van der Waals surface area contributed by atoms with Crippen molar-refractivity contribution in [2.75, 3.05) is 4.90 Å². The molecule has 150 valence electrons. The van der Waals surface area contributed by atoms with Gasteiger partial charge in [-0.25, -0.2) is 4.98 Å². The smallest absolute Gasteiger partial charge is 0.293 e. The molecule has 1 fully saturated rings. The van der Waals surface area contributed by atoms with Crippen LogP contribution in [-0.2, 0) is 9.59 Å². The monoisotopic (exact) mass is 590 g/mol. The van der Waals surface area contributed by atoms with Crippen LogP contribution in [0, 0.1) is 5.92 Å². The van der Waals surface area contributed by atoms with Gasteiger partial charge >= 0.3 is 0 Å². The summed E-state index contributed by atoms with van der Waals surface area (Å²) in [5, 5.41) is 0. The molecular weight excluding hydrogens is 580 g/mol. The molecule has 30 heavy (non-hydrogen) atoms. The molecule has 2 unspecified atom stereocenters. The first kappa shape index (κ1) is 21.1. The first-order valence-corrected chi connectivity index (χ1v) is 11.3. The van der Waals surface area contributed by atoms with Gasteiger partial charge in [0.15, 0.2) is 5.78 Å². The number of pyridine rings is 1. The van der Waals surface area contributed by atoms with Gasteiger partial charge in [-0.05, 0) is 42.0 Å². The van der Waals surface area contributed by atoms with Crippen LogP contribution in [0.3, 0.4) is 0 Å². The highest BCUT2D eigenvalue weighted by Crippen LogP contribution is 2.41. The third-order valence-corrected chi connectivity index (χ3v) is 6.43. The van der Waals surface area contributed by atoms with Gasteiger partial charge in [-0.3, -0.25) is 19.3 Å². The Morgan fingerprint density at radius 3 is 2.03 bits per heavy atom. The van der Waals surface area contributed by atoms with Crippen LogP contribution in [0.15, 0.2) is 80.3 Å². The number of hydrogen-bond acceptors (Lipinski definition) is 4. The van der Waals surface area contributed by atoms with Gasteiger partial charge in [-0.2, -0.15) is 0 Å². The lowest BCUT2D eigenvalue weighted by molar-refractivity contribution is -0.135. The van der Waals surface area contributed by atoms with Crippen molar-refractivity contribution in [3.8, 4) is 0 Å². The molecule has 1 aliphatic rings. The van der Waals surface area contributed by atoms with E-state index in [0.29, 0.717) is 21.4 Å². The van der Waals surface area contributed by atoms with Crippen LogP contribution < -0.4 is 4.90 Å². The minimum Gasteiger partial charge on any atom is -0.293 e. The van der Waals surface area contributed by atoms with Crippen LogP contribution >= 0.6 is 47.8 Å². The highest BCUT2D eigenvalue weighted by molar-refractivity contribution is 9.11. The molecule has 1 aromatic heterocycles. The van der Waals surface area contributed by atoms with Gasteiger partial charge in [0, 0.05) is 25.2 Å². The maximum atomic E-state index is 13.4. The van der Waals surface area contributed by atoms with Crippen LogP contribution in [0.5, 0.6) is 0 Å². The summed E-state index contributed by atoms with van der Waals surface area (Å²) in [5.74, 6) is -2.74. The predicted molar refractivity (Wildman–Crippen MR) is 123 cm³/mol. The standard InChI is InChI=1S/C22H13Br3N2O3/c23-14-5-1-12(2-6-14)19-18(20(28)13-3-7-15(24)8-4-13)21(29)22(30)27(19)17-11-16(25)9-10-26-17/h1-11,18-19H. The van der Waals surface area contributed by atoms with E-state index >= 15 is 0 Å². The Hall–Kier alpha value is -2.16. The number of Topliss-reactive ketones (excluding diaryl/α,β-unsaturated/α-hetero) is 2. The van der Waals surface area contributed by atoms with Crippen LogP contribution in [0.4, 0.5) is 5.82 Å². The number of carbonyl (C=O) groups excluding carboxylic acids is 3. The second-order valence-corrected chi connectivity index (χ2v) is 9.46. The molecular formula is C22H13Br3N2O3. The molecule has 1 aliphatic heterocycles. The number of rotatable bonds is 4. The highest BCUT2D eigenvalue weighted by Gasteiger charge is 2.52. The SMILES string of the molecule is O=C1C(=O)N(c2cc(Br)ccn2)C(c2ccc(Br)cc2)C1C(=O)c1ccc(Br)cc1. The molecule has 8 heteroatoms. The summed E-state index contributed by atoms with van der Waals surface area (Å²) in [7, 11) is 0. The number of benzene rings is 2. The third kappa shape index (κ3) is 3.91. The molecule has 5 nitrogen and oxygen atoms in total. The summed E-state index contributed by atoms with van der Waals surface area (Å²) in [6.07, 6.45) is 1.54. The Morgan fingerprint density at radius 1 is 0.833 bits per heavy atom. The largest absolute Gasteiger partial charge is 0.297 e. The van der Waals surface area contributed by atoms with Gasteiger partial charge < -0.3 is 0 Å². The minimum absolute atomic E-state index is 0.307. The number of amides is 1. The zero-order chi connectivity index (χ0) is 21.4. The average Bonchev–Trinajstić information content (AvgIpc) is 2.99. The highest BCUT2D eigenvalue weighted by atomic mass is 79.9. The molecule has 0 aliphatic carbocycles. The quantitative estimate of drug-likeness (QED) is 0.227. The lowest BCUT2D eigenvalue weighted by Crippen LogP contribution is -2.31. The summed E-state index contributed by atoms with van der Waals surface area (Å²) in [6, 6.07) is 16.6. The second kappa shape index (κ2) is 8.53. The molecule has 0 bridgehead atoms. The van der Waals surface area contributed by atoms with E-state index in [2.05, 4.69) is 52.8 Å². The molecule has 3 aromatic rings. The Balaban J connectivity index is 1.86.